The van der Waals surface area contributed by atoms with Crippen molar-refractivity contribution in [1.29, 1.82) is 0 Å². The van der Waals surface area contributed by atoms with Crippen LogP contribution >= 0.6 is 0 Å². The minimum atomic E-state index is 0.954. The quantitative estimate of drug-likeness (QED) is 0.185. The molecule has 0 aliphatic carbocycles. The Bertz CT molecular complexity index is 2770. The van der Waals surface area contributed by atoms with Crippen LogP contribution in [0.25, 0.3) is 66.1 Å². The summed E-state index contributed by atoms with van der Waals surface area (Å²) in [6, 6.07) is 60.8. The lowest BCUT2D eigenvalue weighted by Gasteiger charge is -2.27. The molecule has 1 aliphatic rings. The van der Waals surface area contributed by atoms with Gasteiger partial charge in [0.15, 0.2) is 0 Å². The van der Waals surface area contributed by atoms with Gasteiger partial charge in [-0.1, -0.05) is 110 Å². The number of fused-ring (bicyclic) bond motifs is 7. The van der Waals surface area contributed by atoms with Crippen LogP contribution in [0.1, 0.15) is 11.1 Å². The molecule has 240 valence electrons. The average molecular weight is 652 g/mol. The minimum Gasteiger partial charge on any atom is -0.317 e. The first-order valence-electron chi connectivity index (χ1n) is 17.4. The maximum atomic E-state index is 4.71. The standard InChI is InChI=1S/C48H33N3/c1-33-30-35(34-14-13-17-37(31-34)50-45-22-9-5-18-39(45)40-19-6-10-23-46(40)50)28-29-49(36-15-3-2-4-16-36)44-27-26-38(32-43(33)44)51-47-24-11-7-20-41(47)42-21-8-12-25-48(42)51/h2-32H,1H2/b29-28-,35-30+. The topological polar surface area (TPSA) is 13.1 Å². The molecule has 0 atom stereocenters. The smallest absolute Gasteiger partial charge is 0.0541 e. The summed E-state index contributed by atoms with van der Waals surface area (Å²) in [5, 5.41) is 5.01. The van der Waals surface area contributed by atoms with Crippen molar-refractivity contribution in [1.82, 2.24) is 9.13 Å². The van der Waals surface area contributed by atoms with Crippen LogP contribution in [0.3, 0.4) is 0 Å². The van der Waals surface area contributed by atoms with Crippen LogP contribution in [-0.4, -0.2) is 9.13 Å². The van der Waals surface area contributed by atoms with Gasteiger partial charge in [0.2, 0.25) is 0 Å². The van der Waals surface area contributed by atoms with Crippen molar-refractivity contribution in [3.63, 3.8) is 0 Å². The molecule has 0 N–H and O–H groups in total. The van der Waals surface area contributed by atoms with E-state index >= 15 is 0 Å². The van der Waals surface area contributed by atoms with E-state index in [9.17, 15) is 0 Å². The lowest BCUT2D eigenvalue weighted by molar-refractivity contribution is 1.17. The number of rotatable bonds is 4. The van der Waals surface area contributed by atoms with Crippen LogP contribution in [0.4, 0.5) is 11.4 Å². The third-order valence-corrected chi connectivity index (χ3v) is 10.2. The highest BCUT2D eigenvalue weighted by molar-refractivity contribution is 6.10. The van der Waals surface area contributed by atoms with E-state index in [2.05, 4.69) is 202 Å². The highest BCUT2D eigenvalue weighted by Crippen LogP contribution is 2.40. The number of anilines is 2. The van der Waals surface area contributed by atoms with Gasteiger partial charge in [-0.3, -0.25) is 0 Å². The van der Waals surface area contributed by atoms with Gasteiger partial charge in [-0.2, -0.15) is 0 Å². The molecule has 0 saturated heterocycles. The van der Waals surface area contributed by atoms with Gasteiger partial charge >= 0.3 is 0 Å². The zero-order chi connectivity index (χ0) is 33.9. The van der Waals surface area contributed by atoms with Crippen LogP contribution in [0, 0.1) is 0 Å². The second-order valence-electron chi connectivity index (χ2n) is 13.1. The largest absolute Gasteiger partial charge is 0.317 e. The van der Waals surface area contributed by atoms with Crippen molar-refractivity contribution < 1.29 is 0 Å². The normalized spacial score (nSPS) is 14.8. The van der Waals surface area contributed by atoms with E-state index < -0.39 is 0 Å². The summed E-state index contributed by atoms with van der Waals surface area (Å²) in [6.07, 6.45) is 6.64. The first kappa shape index (κ1) is 29.1. The number of benzene rings is 7. The third-order valence-electron chi connectivity index (χ3n) is 10.2. The van der Waals surface area contributed by atoms with Crippen molar-refractivity contribution in [3.8, 4) is 11.4 Å². The van der Waals surface area contributed by atoms with Crippen molar-refractivity contribution in [2.24, 2.45) is 0 Å². The molecule has 1 aliphatic heterocycles. The summed E-state index contributed by atoms with van der Waals surface area (Å²) in [6.45, 7) is 4.71. The molecular weight excluding hydrogens is 619 g/mol. The fourth-order valence-electron chi connectivity index (χ4n) is 7.90. The molecule has 9 aromatic rings. The summed E-state index contributed by atoms with van der Waals surface area (Å²) >= 11 is 0. The Balaban J connectivity index is 1.15. The Labute approximate surface area is 296 Å². The molecule has 2 aromatic heterocycles. The van der Waals surface area contributed by atoms with Crippen molar-refractivity contribution in [3.05, 3.63) is 206 Å². The van der Waals surface area contributed by atoms with Gasteiger partial charge in [0.05, 0.1) is 27.8 Å². The Morgan fingerprint density at radius 3 is 1.47 bits per heavy atom. The molecule has 10 rings (SSSR count). The van der Waals surface area contributed by atoms with Crippen LogP contribution in [0.2, 0.25) is 0 Å². The Kier molecular flexibility index (Phi) is 6.65. The molecule has 0 spiro atoms. The molecule has 0 unspecified atom stereocenters. The number of allylic oxidation sites excluding steroid dienone is 4. The number of nitrogens with zero attached hydrogens (tertiary/aromatic N) is 3. The summed E-state index contributed by atoms with van der Waals surface area (Å²) in [5.41, 5.74) is 13.4. The molecule has 3 heteroatoms. The monoisotopic (exact) mass is 651 g/mol. The van der Waals surface area contributed by atoms with Gasteiger partial charge < -0.3 is 14.0 Å². The second kappa shape index (κ2) is 11.6. The molecule has 51 heavy (non-hydrogen) atoms. The minimum absolute atomic E-state index is 0.954. The molecule has 0 fully saturated rings. The van der Waals surface area contributed by atoms with Crippen molar-refractivity contribution in [2.75, 3.05) is 4.90 Å². The zero-order valence-electron chi connectivity index (χ0n) is 27.9. The van der Waals surface area contributed by atoms with Gasteiger partial charge in [-0.15, -0.1) is 0 Å². The Morgan fingerprint density at radius 1 is 0.412 bits per heavy atom. The predicted molar refractivity (Wildman–Crippen MR) is 216 cm³/mol. The predicted octanol–water partition coefficient (Wildman–Crippen LogP) is 12.6. The summed E-state index contributed by atoms with van der Waals surface area (Å²) in [5.74, 6) is 0. The van der Waals surface area contributed by atoms with E-state index in [0.29, 0.717) is 0 Å². The Morgan fingerprint density at radius 2 is 0.902 bits per heavy atom. The van der Waals surface area contributed by atoms with Gasteiger partial charge in [0.1, 0.15) is 0 Å². The van der Waals surface area contributed by atoms with E-state index in [4.69, 9.17) is 6.58 Å². The van der Waals surface area contributed by atoms with Crippen LogP contribution in [0.15, 0.2) is 195 Å². The van der Waals surface area contributed by atoms with Crippen molar-refractivity contribution >= 4 is 66.1 Å². The molecule has 7 aromatic carbocycles. The zero-order valence-corrected chi connectivity index (χ0v) is 27.9. The molecule has 0 bridgehead atoms. The summed E-state index contributed by atoms with van der Waals surface area (Å²) in [4.78, 5) is 2.28. The van der Waals surface area contributed by atoms with Gasteiger partial charge in [-0.25, -0.2) is 0 Å². The Hall–Kier alpha value is -6.84. The molecular formula is C48H33N3. The van der Waals surface area contributed by atoms with E-state index in [1.165, 1.54) is 43.6 Å². The maximum absolute atomic E-state index is 4.71. The van der Waals surface area contributed by atoms with Gasteiger partial charge in [-0.05, 0) is 95.6 Å². The number of hydrogen-bond donors (Lipinski definition) is 0. The van der Waals surface area contributed by atoms with Crippen molar-refractivity contribution in [2.45, 2.75) is 0 Å². The SMILES string of the molecule is C=C1/C=C(c2cccc(-n3c4ccccc4c4ccccc43)c2)\C=C/N(c2ccccc2)c2ccc(-n3c4ccccc4c4ccccc43)cc21. The summed E-state index contributed by atoms with van der Waals surface area (Å²) in [7, 11) is 0. The molecule has 0 saturated carbocycles. The molecule has 0 amide bonds. The lowest BCUT2D eigenvalue weighted by atomic mass is 9.95. The first-order chi connectivity index (χ1) is 25.2. The fourth-order valence-corrected chi connectivity index (χ4v) is 7.90. The van der Waals surface area contributed by atoms with Crippen LogP contribution in [-0.2, 0) is 0 Å². The lowest BCUT2D eigenvalue weighted by Crippen LogP contribution is -2.12. The number of hydrogen-bond acceptors (Lipinski definition) is 1. The van der Waals surface area contributed by atoms with E-state index in [0.717, 1.165) is 45.0 Å². The summed E-state index contributed by atoms with van der Waals surface area (Å²) < 4.78 is 4.75. The first-order valence-corrected chi connectivity index (χ1v) is 17.4. The second-order valence-corrected chi connectivity index (χ2v) is 13.1. The highest BCUT2D eigenvalue weighted by atomic mass is 15.1. The van der Waals surface area contributed by atoms with Gasteiger partial charge in [0, 0.05) is 50.4 Å². The van der Waals surface area contributed by atoms with E-state index in [1.807, 2.05) is 0 Å². The fraction of sp³-hybridized carbons (Fsp3) is 0. The molecule has 3 heterocycles. The molecule has 3 nitrogen and oxygen atoms in total. The highest BCUT2D eigenvalue weighted by Gasteiger charge is 2.20. The van der Waals surface area contributed by atoms with Crippen LogP contribution < -0.4 is 4.90 Å². The maximum Gasteiger partial charge on any atom is 0.0541 e. The average Bonchev–Trinajstić information content (AvgIpc) is 3.70. The number of aromatic nitrogens is 2. The third kappa shape index (κ3) is 4.67. The van der Waals surface area contributed by atoms with Gasteiger partial charge in [0.25, 0.3) is 0 Å². The van der Waals surface area contributed by atoms with E-state index in [-0.39, 0.29) is 0 Å². The molecule has 0 radical (unpaired) electrons. The van der Waals surface area contributed by atoms with E-state index in [1.54, 1.807) is 0 Å². The number of para-hydroxylation sites is 5. The van der Waals surface area contributed by atoms with Crippen LogP contribution in [0.5, 0.6) is 0 Å².